The number of rotatable bonds is 5. The highest BCUT2D eigenvalue weighted by atomic mass is 32.2. The van der Waals surface area contributed by atoms with Crippen LogP contribution in [0.25, 0.3) is 0 Å². The van der Waals surface area contributed by atoms with Gasteiger partial charge in [-0.2, -0.15) is 13.1 Å². The average Bonchev–Trinajstić information content (AvgIpc) is 2.27. The van der Waals surface area contributed by atoms with E-state index in [-0.39, 0.29) is 23.5 Å². The van der Waals surface area contributed by atoms with Crippen molar-refractivity contribution >= 4 is 16.0 Å². The summed E-state index contributed by atoms with van der Waals surface area (Å²) in [6, 6.07) is 3.92. The summed E-state index contributed by atoms with van der Waals surface area (Å²) in [6.45, 7) is -0.173. The summed E-state index contributed by atoms with van der Waals surface area (Å²) < 4.78 is 39.8. The van der Waals surface area contributed by atoms with Crippen molar-refractivity contribution in [2.75, 3.05) is 7.05 Å². The van der Waals surface area contributed by atoms with Gasteiger partial charge in [0.15, 0.2) is 0 Å². The molecule has 0 fully saturated rings. The number of nitrogens with two attached hydrogens (primary N) is 1. The number of halogens is 1. The van der Waals surface area contributed by atoms with E-state index in [2.05, 4.69) is 4.72 Å². The lowest BCUT2D eigenvalue weighted by Crippen LogP contribution is -2.33. The Morgan fingerprint density at radius 2 is 2.18 bits per heavy atom. The zero-order valence-corrected chi connectivity index (χ0v) is 9.94. The average molecular weight is 260 g/mol. The molecule has 5 N–H and O–H groups in total. The first-order valence-electron chi connectivity index (χ1n) is 4.66. The Hall–Kier alpha value is -1.51. The Bertz CT molecular complexity index is 530. The molecule has 0 bridgehead atoms. The predicted molar refractivity (Wildman–Crippen MR) is 62.2 cm³/mol. The van der Waals surface area contributed by atoms with Gasteiger partial charge in [0.25, 0.3) is 10.2 Å². The number of benzene rings is 1. The van der Waals surface area contributed by atoms with Crippen LogP contribution in [-0.4, -0.2) is 21.3 Å². The first-order valence-corrected chi connectivity index (χ1v) is 6.15. The third-order valence-corrected chi connectivity index (χ3v) is 3.15. The van der Waals surface area contributed by atoms with Gasteiger partial charge >= 0.3 is 0 Å². The van der Waals surface area contributed by atoms with E-state index in [4.69, 9.17) is 11.1 Å². The molecule has 0 aliphatic heterocycles. The largest absolute Gasteiger partial charge is 0.384 e. The van der Waals surface area contributed by atoms with Crippen molar-refractivity contribution in [3.05, 3.63) is 35.1 Å². The molecular formula is C9H13FN4O2S. The molecule has 0 spiro atoms. The van der Waals surface area contributed by atoms with Crippen LogP contribution >= 0.6 is 0 Å². The lowest BCUT2D eigenvalue weighted by atomic mass is 10.1. The molecule has 0 heterocycles. The second-order valence-corrected chi connectivity index (χ2v) is 4.95. The van der Waals surface area contributed by atoms with Crippen LogP contribution in [0.1, 0.15) is 11.1 Å². The molecule has 0 amide bonds. The van der Waals surface area contributed by atoms with Crippen LogP contribution in [0, 0.1) is 11.2 Å². The lowest BCUT2D eigenvalue weighted by Gasteiger charge is -2.07. The first kappa shape index (κ1) is 13.6. The molecule has 1 rings (SSSR count). The van der Waals surface area contributed by atoms with Gasteiger partial charge in [-0.1, -0.05) is 12.1 Å². The molecule has 0 aromatic heterocycles. The number of nitrogen functional groups attached to an aromatic ring is 1. The third-order valence-electron chi connectivity index (χ3n) is 2.09. The summed E-state index contributed by atoms with van der Waals surface area (Å²) in [5.74, 6) is -0.859. The lowest BCUT2D eigenvalue weighted by molar-refractivity contribution is 0.567. The summed E-state index contributed by atoms with van der Waals surface area (Å²) in [5, 5.41) is 7.12. The van der Waals surface area contributed by atoms with E-state index >= 15 is 0 Å². The molecule has 0 radical (unpaired) electrons. The summed E-state index contributed by atoms with van der Waals surface area (Å²) in [7, 11) is -2.35. The molecule has 8 heteroatoms. The third kappa shape index (κ3) is 3.77. The van der Waals surface area contributed by atoms with E-state index in [1.54, 1.807) is 0 Å². The van der Waals surface area contributed by atoms with Gasteiger partial charge < -0.3 is 5.73 Å². The molecule has 1 aromatic rings. The highest BCUT2D eigenvalue weighted by molar-refractivity contribution is 7.87. The van der Waals surface area contributed by atoms with Crippen molar-refractivity contribution in [1.29, 1.82) is 5.41 Å². The summed E-state index contributed by atoms with van der Waals surface area (Å²) in [6.07, 6.45) is 0. The van der Waals surface area contributed by atoms with Crippen molar-refractivity contribution in [3.8, 4) is 0 Å². The minimum absolute atomic E-state index is 0.173. The molecular weight excluding hydrogens is 247 g/mol. The van der Waals surface area contributed by atoms with E-state index in [0.29, 0.717) is 0 Å². The van der Waals surface area contributed by atoms with Crippen molar-refractivity contribution in [3.63, 3.8) is 0 Å². The van der Waals surface area contributed by atoms with E-state index in [0.717, 1.165) is 6.07 Å². The minimum atomic E-state index is -3.59. The van der Waals surface area contributed by atoms with E-state index < -0.39 is 16.0 Å². The Morgan fingerprint density at radius 3 is 2.65 bits per heavy atom. The Kier molecular flexibility index (Phi) is 4.16. The molecule has 0 saturated heterocycles. The van der Waals surface area contributed by atoms with Gasteiger partial charge in [0.05, 0.1) is 0 Å². The molecule has 94 valence electrons. The quantitative estimate of drug-likeness (QED) is 0.429. The van der Waals surface area contributed by atoms with Gasteiger partial charge in [-0.05, 0) is 6.07 Å². The SMILES string of the molecule is CNS(=O)(=O)NCc1ccc(C(=N)N)cc1F. The van der Waals surface area contributed by atoms with Crippen LogP contribution < -0.4 is 15.2 Å². The fourth-order valence-electron chi connectivity index (χ4n) is 1.10. The number of hydrogen-bond donors (Lipinski definition) is 4. The maximum Gasteiger partial charge on any atom is 0.276 e. The van der Waals surface area contributed by atoms with E-state index in [1.165, 1.54) is 19.2 Å². The normalized spacial score (nSPS) is 11.4. The zero-order chi connectivity index (χ0) is 13.1. The van der Waals surface area contributed by atoms with Crippen molar-refractivity contribution in [2.24, 2.45) is 5.73 Å². The fraction of sp³-hybridized carbons (Fsp3) is 0.222. The van der Waals surface area contributed by atoms with Gasteiger partial charge in [-0.15, -0.1) is 0 Å². The molecule has 6 nitrogen and oxygen atoms in total. The van der Waals surface area contributed by atoms with E-state index in [1.807, 2.05) is 4.72 Å². The summed E-state index contributed by atoms with van der Waals surface area (Å²) in [4.78, 5) is 0. The van der Waals surface area contributed by atoms with Crippen LogP contribution in [0.5, 0.6) is 0 Å². The maximum atomic E-state index is 13.5. The van der Waals surface area contributed by atoms with Gasteiger partial charge in [0, 0.05) is 24.7 Å². The maximum absolute atomic E-state index is 13.5. The van der Waals surface area contributed by atoms with Crippen LogP contribution in [0.15, 0.2) is 18.2 Å². The number of amidine groups is 1. The predicted octanol–water partition coefficient (Wildman–Crippen LogP) is -0.336. The first-order chi connectivity index (χ1) is 7.85. The standard InChI is InChI=1S/C9H13FN4O2S/c1-13-17(15,16)14-5-7-3-2-6(9(11)12)4-8(7)10/h2-4,13-14H,5H2,1H3,(H3,11,12). The summed E-state index contributed by atoms with van der Waals surface area (Å²) in [5.41, 5.74) is 5.62. The zero-order valence-electron chi connectivity index (χ0n) is 9.12. The molecule has 0 unspecified atom stereocenters. The van der Waals surface area contributed by atoms with Crippen LogP contribution in [0.2, 0.25) is 0 Å². The molecule has 0 aliphatic carbocycles. The smallest absolute Gasteiger partial charge is 0.276 e. The number of hydrogen-bond acceptors (Lipinski definition) is 3. The van der Waals surface area contributed by atoms with Gasteiger partial charge in [-0.3, -0.25) is 5.41 Å². The van der Waals surface area contributed by atoms with Crippen molar-refractivity contribution in [1.82, 2.24) is 9.44 Å². The molecule has 0 atom stereocenters. The molecule has 0 saturated carbocycles. The highest BCUT2D eigenvalue weighted by Gasteiger charge is 2.09. The van der Waals surface area contributed by atoms with Gasteiger partial charge in [0.2, 0.25) is 0 Å². The Labute approximate surface area is 98.7 Å². The second kappa shape index (κ2) is 5.21. The Morgan fingerprint density at radius 1 is 1.53 bits per heavy atom. The molecule has 17 heavy (non-hydrogen) atoms. The molecule has 1 aromatic carbocycles. The van der Waals surface area contributed by atoms with E-state index in [9.17, 15) is 12.8 Å². The fourth-order valence-corrected chi connectivity index (χ4v) is 1.59. The highest BCUT2D eigenvalue weighted by Crippen LogP contribution is 2.10. The topological polar surface area (TPSA) is 108 Å². The van der Waals surface area contributed by atoms with Crippen LogP contribution in [0.3, 0.4) is 0 Å². The minimum Gasteiger partial charge on any atom is -0.384 e. The van der Waals surface area contributed by atoms with Crippen LogP contribution in [-0.2, 0) is 16.8 Å². The second-order valence-electron chi connectivity index (χ2n) is 3.25. The summed E-state index contributed by atoms with van der Waals surface area (Å²) >= 11 is 0. The van der Waals surface area contributed by atoms with Crippen molar-refractivity contribution < 1.29 is 12.8 Å². The van der Waals surface area contributed by atoms with Gasteiger partial charge in [-0.25, -0.2) is 9.11 Å². The monoisotopic (exact) mass is 260 g/mol. The van der Waals surface area contributed by atoms with Crippen LogP contribution in [0.4, 0.5) is 4.39 Å². The van der Waals surface area contributed by atoms with Crippen molar-refractivity contribution in [2.45, 2.75) is 6.54 Å². The Balaban J connectivity index is 2.84. The number of nitrogens with one attached hydrogen (secondary N) is 3. The molecule has 0 aliphatic rings. The van der Waals surface area contributed by atoms with Gasteiger partial charge in [0.1, 0.15) is 11.7 Å².